The zero-order chi connectivity index (χ0) is 22.1. The van der Waals surface area contributed by atoms with Crippen LogP contribution in [0, 0.1) is 0 Å². The van der Waals surface area contributed by atoms with E-state index in [-0.39, 0.29) is 10.5 Å². The number of sulfone groups is 1. The molecule has 2 aromatic rings. The molecule has 0 radical (unpaired) electrons. The first-order valence-corrected chi connectivity index (χ1v) is 11.2. The van der Waals surface area contributed by atoms with E-state index in [4.69, 9.17) is 14.2 Å². The molecule has 0 aliphatic carbocycles. The van der Waals surface area contributed by atoms with E-state index in [0.29, 0.717) is 23.8 Å². The van der Waals surface area contributed by atoms with Crippen molar-refractivity contribution in [1.29, 1.82) is 0 Å². The molecule has 0 aromatic heterocycles. The van der Waals surface area contributed by atoms with Gasteiger partial charge in [0, 0.05) is 11.9 Å². The molecule has 9 heteroatoms. The number of unbranched alkanes of at least 4 members (excludes halogenated alkanes) is 1. The lowest BCUT2D eigenvalue weighted by Gasteiger charge is -2.12. The monoisotopic (exact) mass is 435 g/mol. The zero-order valence-electron chi connectivity index (χ0n) is 17.1. The molecular formula is C21H25NO7S. The van der Waals surface area contributed by atoms with Gasteiger partial charge in [-0.3, -0.25) is 4.79 Å². The van der Waals surface area contributed by atoms with Gasteiger partial charge in [0.2, 0.25) is 0 Å². The summed E-state index contributed by atoms with van der Waals surface area (Å²) in [7, 11) is -1.85. The predicted molar refractivity (Wildman–Crippen MR) is 112 cm³/mol. The Labute approximate surface area is 176 Å². The quantitative estimate of drug-likeness (QED) is 0.451. The molecule has 0 aliphatic rings. The topological polar surface area (TPSA) is 108 Å². The van der Waals surface area contributed by atoms with Gasteiger partial charge in [0.1, 0.15) is 0 Å². The van der Waals surface area contributed by atoms with Crippen LogP contribution in [0.4, 0.5) is 5.69 Å². The van der Waals surface area contributed by atoms with Crippen LogP contribution in [0.2, 0.25) is 0 Å². The van der Waals surface area contributed by atoms with Crippen LogP contribution in [-0.4, -0.2) is 46.9 Å². The number of amides is 1. The van der Waals surface area contributed by atoms with E-state index in [9.17, 15) is 18.0 Å². The average molecular weight is 435 g/mol. The van der Waals surface area contributed by atoms with Gasteiger partial charge in [0.15, 0.2) is 27.9 Å². The van der Waals surface area contributed by atoms with Crippen molar-refractivity contribution in [2.75, 3.05) is 31.9 Å². The second-order valence-corrected chi connectivity index (χ2v) is 8.50. The Morgan fingerprint density at radius 1 is 1.03 bits per heavy atom. The molecule has 0 fully saturated rings. The summed E-state index contributed by atoms with van der Waals surface area (Å²) < 4.78 is 38.8. The van der Waals surface area contributed by atoms with E-state index in [2.05, 4.69) is 12.2 Å². The first-order chi connectivity index (χ1) is 14.2. The van der Waals surface area contributed by atoms with Crippen molar-refractivity contribution in [3.8, 4) is 11.5 Å². The van der Waals surface area contributed by atoms with Crippen molar-refractivity contribution in [1.82, 2.24) is 0 Å². The van der Waals surface area contributed by atoms with Crippen molar-refractivity contribution < 1.29 is 32.2 Å². The molecule has 0 heterocycles. The Hall–Kier alpha value is -3.07. The summed E-state index contributed by atoms with van der Waals surface area (Å²) in [5.41, 5.74) is 0.610. The number of hydrogen-bond donors (Lipinski definition) is 1. The number of benzene rings is 2. The van der Waals surface area contributed by atoms with Gasteiger partial charge in [0.05, 0.1) is 24.2 Å². The lowest BCUT2D eigenvalue weighted by atomic mass is 10.2. The van der Waals surface area contributed by atoms with Crippen LogP contribution in [0.1, 0.15) is 30.1 Å². The van der Waals surface area contributed by atoms with Crippen LogP contribution in [-0.2, 0) is 19.4 Å². The minimum Gasteiger partial charge on any atom is -0.493 e. The van der Waals surface area contributed by atoms with Crippen molar-refractivity contribution in [2.24, 2.45) is 0 Å². The maximum absolute atomic E-state index is 12.2. The van der Waals surface area contributed by atoms with Crippen LogP contribution < -0.4 is 14.8 Å². The summed E-state index contributed by atoms with van der Waals surface area (Å²) in [6.07, 6.45) is 2.99. The van der Waals surface area contributed by atoms with Gasteiger partial charge in [-0.15, -0.1) is 0 Å². The van der Waals surface area contributed by atoms with Gasteiger partial charge >= 0.3 is 5.97 Å². The Morgan fingerprint density at radius 2 is 1.73 bits per heavy atom. The van der Waals surface area contributed by atoms with Gasteiger partial charge < -0.3 is 19.5 Å². The summed E-state index contributed by atoms with van der Waals surface area (Å²) in [4.78, 5) is 24.4. The Kier molecular flexibility index (Phi) is 8.23. The van der Waals surface area contributed by atoms with E-state index >= 15 is 0 Å². The molecule has 0 atom stereocenters. The van der Waals surface area contributed by atoms with Crippen LogP contribution in [0.15, 0.2) is 47.4 Å². The molecule has 0 unspecified atom stereocenters. The number of ether oxygens (including phenoxy) is 3. The van der Waals surface area contributed by atoms with Crippen molar-refractivity contribution >= 4 is 27.4 Å². The number of anilines is 1. The standard InChI is InChI=1S/C21H25NO7S/c1-4-5-12-28-18-11-6-15(13-19(18)27-2)21(24)29-14-20(23)22-16-7-9-17(10-8-16)30(3,25)26/h6-11,13H,4-5,12,14H2,1-3H3,(H,22,23). The lowest BCUT2D eigenvalue weighted by molar-refractivity contribution is -0.119. The highest BCUT2D eigenvalue weighted by Gasteiger charge is 2.14. The van der Waals surface area contributed by atoms with Crippen LogP contribution in [0.25, 0.3) is 0 Å². The minimum atomic E-state index is -3.32. The van der Waals surface area contributed by atoms with E-state index in [1.165, 1.54) is 43.5 Å². The highest BCUT2D eigenvalue weighted by atomic mass is 32.2. The number of esters is 1. The average Bonchev–Trinajstić information content (AvgIpc) is 2.72. The second-order valence-electron chi connectivity index (χ2n) is 6.49. The smallest absolute Gasteiger partial charge is 0.338 e. The molecular weight excluding hydrogens is 410 g/mol. The van der Waals surface area contributed by atoms with Gasteiger partial charge in [-0.2, -0.15) is 0 Å². The summed E-state index contributed by atoms with van der Waals surface area (Å²) in [5, 5.41) is 2.53. The SMILES string of the molecule is CCCCOc1ccc(C(=O)OCC(=O)Nc2ccc(S(C)(=O)=O)cc2)cc1OC. The molecule has 1 N–H and O–H groups in total. The number of carbonyl (C=O) groups is 2. The normalized spacial score (nSPS) is 10.9. The fourth-order valence-corrected chi connectivity index (χ4v) is 3.07. The van der Waals surface area contributed by atoms with Crippen LogP contribution >= 0.6 is 0 Å². The highest BCUT2D eigenvalue weighted by Crippen LogP contribution is 2.28. The third-order valence-corrected chi connectivity index (χ3v) is 5.18. The van der Waals surface area contributed by atoms with E-state index in [1.807, 2.05) is 0 Å². The second kappa shape index (κ2) is 10.6. The predicted octanol–water partition coefficient (Wildman–Crippen LogP) is 3.07. The molecule has 8 nitrogen and oxygen atoms in total. The number of carbonyl (C=O) groups excluding carboxylic acids is 2. The Morgan fingerprint density at radius 3 is 2.33 bits per heavy atom. The number of nitrogens with one attached hydrogen (secondary N) is 1. The molecule has 2 aromatic carbocycles. The minimum absolute atomic E-state index is 0.142. The maximum Gasteiger partial charge on any atom is 0.338 e. The summed E-state index contributed by atoms with van der Waals surface area (Å²) in [6.45, 7) is 2.10. The first kappa shape index (κ1) is 23.2. The van der Waals surface area contributed by atoms with Gasteiger partial charge in [-0.1, -0.05) is 13.3 Å². The van der Waals surface area contributed by atoms with E-state index < -0.39 is 28.3 Å². The zero-order valence-corrected chi connectivity index (χ0v) is 18.0. The third kappa shape index (κ3) is 6.77. The maximum atomic E-state index is 12.2. The van der Waals surface area contributed by atoms with Gasteiger partial charge in [-0.05, 0) is 48.9 Å². The Bertz CT molecular complexity index is 985. The molecule has 0 spiro atoms. The van der Waals surface area contributed by atoms with Crippen molar-refractivity contribution in [2.45, 2.75) is 24.7 Å². The third-order valence-electron chi connectivity index (χ3n) is 4.06. The molecule has 2 rings (SSSR count). The van der Waals surface area contributed by atoms with Gasteiger partial charge in [-0.25, -0.2) is 13.2 Å². The Balaban J connectivity index is 1.92. The molecule has 1 amide bonds. The number of hydrogen-bond acceptors (Lipinski definition) is 7. The van der Waals surface area contributed by atoms with Gasteiger partial charge in [0.25, 0.3) is 5.91 Å². The summed E-state index contributed by atoms with van der Waals surface area (Å²) >= 11 is 0. The molecule has 0 bridgehead atoms. The molecule has 30 heavy (non-hydrogen) atoms. The molecule has 162 valence electrons. The molecule has 0 saturated heterocycles. The highest BCUT2D eigenvalue weighted by molar-refractivity contribution is 7.90. The van der Waals surface area contributed by atoms with Crippen molar-refractivity contribution in [3.05, 3.63) is 48.0 Å². The largest absolute Gasteiger partial charge is 0.493 e. The summed E-state index contributed by atoms with van der Waals surface area (Å²) in [6, 6.07) is 10.3. The number of rotatable bonds is 10. The van der Waals surface area contributed by atoms with Crippen LogP contribution in [0.3, 0.4) is 0 Å². The van der Waals surface area contributed by atoms with Crippen molar-refractivity contribution in [3.63, 3.8) is 0 Å². The first-order valence-electron chi connectivity index (χ1n) is 9.32. The molecule has 0 saturated carbocycles. The fraction of sp³-hybridized carbons (Fsp3) is 0.333. The summed E-state index contributed by atoms with van der Waals surface area (Å²) in [5.74, 6) is -0.313. The lowest BCUT2D eigenvalue weighted by Crippen LogP contribution is -2.21. The number of methoxy groups -OCH3 is 1. The van der Waals surface area contributed by atoms with E-state index in [0.717, 1.165) is 19.1 Å². The van der Waals surface area contributed by atoms with E-state index in [1.54, 1.807) is 6.07 Å². The van der Waals surface area contributed by atoms with Crippen LogP contribution in [0.5, 0.6) is 11.5 Å². The fourth-order valence-electron chi connectivity index (χ4n) is 2.44. The molecule has 0 aliphatic heterocycles.